The summed E-state index contributed by atoms with van der Waals surface area (Å²) < 4.78 is 43.2. The van der Waals surface area contributed by atoms with E-state index in [0.29, 0.717) is 16.4 Å². The van der Waals surface area contributed by atoms with E-state index >= 15 is 0 Å². The highest BCUT2D eigenvalue weighted by Gasteiger charge is 2.22. The lowest BCUT2D eigenvalue weighted by Gasteiger charge is -2.10. The first kappa shape index (κ1) is 21.3. The number of rotatable bonds is 8. The van der Waals surface area contributed by atoms with E-state index in [9.17, 15) is 18.5 Å². The van der Waals surface area contributed by atoms with Gasteiger partial charge in [-0.2, -0.15) is 0 Å². The van der Waals surface area contributed by atoms with E-state index in [0.717, 1.165) is 11.3 Å². The minimum absolute atomic E-state index is 0.0168. The van der Waals surface area contributed by atoms with E-state index in [1.807, 2.05) is 0 Å². The predicted molar refractivity (Wildman–Crippen MR) is 111 cm³/mol. The van der Waals surface area contributed by atoms with Crippen molar-refractivity contribution in [3.05, 3.63) is 56.8 Å². The summed E-state index contributed by atoms with van der Waals surface area (Å²) in [6.07, 6.45) is 2.89. The zero-order valence-corrected chi connectivity index (χ0v) is 17.7. The van der Waals surface area contributed by atoms with Crippen LogP contribution in [-0.4, -0.2) is 32.7 Å². The third kappa shape index (κ3) is 4.60. The van der Waals surface area contributed by atoms with Gasteiger partial charge in [-0.3, -0.25) is 14.8 Å². The first-order chi connectivity index (χ1) is 14.2. The molecular weight excluding hydrogens is 434 g/mol. The molecule has 1 N–H and O–H groups in total. The Morgan fingerprint density at radius 1 is 1.17 bits per heavy atom. The number of ether oxygens (including phenoxy) is 2. The van der Waals surface area contributed by atoms with Crippen LogP contribution in [0.2, 0.25) is 0 Å². The van der Waals surface area contributed by atoms with Crippen molar-refractivity contribution in [2.24, 2.45) is 0 Å². The molecule has 0 bridgehead atoms. The quantitative estimate of drug-likeness (QED) is 0.402. The Balaban J connectivity index is 1.82. The summed E-state index contributed by atoms with van der Waals surface area (Å²) in [5.41, 5.74) is 0.209. The maximum atomic E-state index is 12.7. The molecule has 0 atom stereocenters. The third-order valence-electron chi connectivity index (χ3n) is 3.91. The summed E-state index contributed by atoms with van der Waals surface area (Å²) in [6, 6.07) is 7.69. The van der Waals surface area contributed by atoms with Crippen LogP contribution in [0, 0.1) is 17.0 Å². The van der Waals surface area contributed by atoms with Gasteiger partial charge in [0.15, 0.2) is 5.69 Å². The Hall–Kier alpha value is -3.38. The number of thiophene rings is 1. The van der Waals surface area contributed by atoms with E-state index in [1.54, 1.807) is 12.1 Å². The predicted octanol–water partition coefficient (Wildman–Crippen LogP) is 3.94. The van der Waals surface area contributed by atoms with Gasteiger partial charge < -0.3 is 14.0 Å². The van der Waals surface area contributed by atoms with Crippen molar-refractivity contribution in [1.29, 1.82) is 0 Å². The number of hydrogen-bond acceptors (Lipinski definition) is 9. The van der Waals surface area contributed by atoms with E-state index in [2.05, 4.69) is 9.88 Å². The number of aryl methyl sites for hydroxylation is 1. The van der Waals surface area contributed by atoms with Crippen molar-refractivity contribution >= 4 is 44.9 Å². The molecule has 0 saturated carbocycles. The largest absolute Gasteiger partial charge is 0.497 e. The molecule has 0 amide bonds. The van der Waals surface area contributed by atoms with Crippen LogP contribution < -0.4 is 14.2 Å². The van der Waals surface area contributed by atoms with Gasteiger partial charge in [0.1, 0.15) is 15.7 Å². The van der Waals surface area contributed by atoms with Gasteiger partial charge in [0.2, 0.25) is 5.76 Å². The molecule has 30 heavy (non-hydrogen) atoms. The normalized spacial score (nSPS) is 11.6. The summed E-state index contributed by atoms with van der Waals surface area (Å²) in [5, 5.41) is 14.7. The van der Waals surface area contributed by atoms with Crippen molar-refractivity contribution in [1.82, 2.24) is 5.16 Å². The topological polar surface area (TPSA) is 134 Å². The lowest BCUT2D eigenvalue weighted by atomic mass is 10.3. The maximum Gasteiger partial charge on any atom is 0.338 e. The van der Waals surface area contributed by atoms with E-state index in [1.165, 1.54) is 51.5 Å². The highest BCUT2D eigenvalue weighted by molar-refractivity contribution is 7.94. The number of aromatic nitrogens is 1. The standard InChI is InChI=1S/C18H17N3O7S2/c1-11-18(21(22)23)16(28-19-11)6-4-15-5-7-17(29-15)30(24,25)20-12-8-13(26-2)10-14(9-12)27-3/h4-10,20H,1-3H3/b6-4+. The Morgan fingerprint density at radius 2 is 1.83 bits per heavy atom. The second-order valence-corrected chi connectivity index (χ2v) is 8.96. The molecule has 0 radical (unpaired) electrons. The first-order valence-electron chi connectivity index (χ1n) is 8.38. The minimum Gasteiger partial charge on any atom is -0.497 e. The van der Waals surface area contributed by atoms with Gasteiger partial charge in [-0.05, 0) is 31.2 Å². The fraction of sp³-hybridized carbons (Fsp3) is 0.167. The summed E-state index contributed by atoms with van der Waals surface area (Å²) in [7, 11) is -0.936. The van der Waals surface area contributed by atoms with Crippen LogP contribution in [0.25, 0.3) is 12.2 Å². The molecule has 0 aliphatic heterocycles. The third-order valence-corrected chi connectivity index (χ3v) is 6.83. The van der Waals surface area contributed by atoms with Gasteiger partial charge in [0.05, 0.1) is 24.8 Å². The van der Waals surface area contributed by atoms with Gasteiger partial charge in [-0.1, -0.05) is 5.16 Å². The van der Waals surface area contributed by atoms with E-state index in [4.69, 9.17) is 14.0 Å². The first-order valence-corrected chi connectivity index (χ1v) is 10.7. The molecule has 0 fully saturated rings. The molecule has 0 saturated heterocycles. The second kappa shape index (κ2) is 8.55. The average molecular weight is 451 g/mol. The van der Waals surface area contributed by atoms with Crippen LogP contribution in [0.3, 0.4) is 0 Å². The van der Waals surface area contributed by atoms with Gasteiger partial charge in [-0.15, -0.1) is 11.3 Å². The van der Waals surface area contributed by atoms with Gasteiger partial charge in [0.25, 0.3) is 10.0 Å². The number of anilines is 1. The number of nitrogens with zero attached hydrogens (tertiary/aromatic N) is 2. The number of sulfonamides is 1. The van der Waals surface area contributed by atoms with Gasteiger partial charge >= 0.3 is 5.69 Å². The molecule has 3 aromatic rings. The molecule has 0 aliphatic rings. The molecule has 2 heterocycles. The Kier molecular flexibility index (Phi) is 6.08. The maximum absolute atomic E-state index is 12.7. The van der Waals surface area contributed by atoms with Crippen LogP contribution in [0.1, 0.15) is 16.3 Å². The Bertz CT molecular complexity index is 1190. The summed E-state index contributed by atoms with van der Waals surface area (Å²) in [4.78, 5) is 11.1. The lowest BCUT2D eigenvalue weighted by Crippen LogP contribution is -2.11. The summed E-state index contributed by atoms with van der Waals surface area (Å²) in [5.74, 6) is 0.855. The molecular formula is C18H17N3O7S2. The van der Waals surface area contributed by atoms with Crippen LogP contribution in [-0.2, 0) is 10.0 Å². The molecule has 1 aromatic carbocycles. The smallest absolute Gasteiger partial charge is 0.338 e. The highest BCUT2D eigenvalue weighted by Crippen LogP contribution is 2.30. The number of methoxy groups -OCH3 is 2. The van der Waals surface area contributed by atoms with Crippen LogP contribution in [0.5, 0.6) is 11.5 Å². The SMILES string of the molecule is COc1cc(NS(=O)(=O)c2ccc(/C=C/c3onc(C)c3[N+](=O)[O-])s2)cc(OC)c1. The monoisotopic (exact) mass is 451 g/mol. The fourth-order valence-corrected chi connectivity index (χ4v) is 4.78. The Morgan fingerprint density at radius 3 is 2.43 bits per heavy atom. The average Bonchev–Trinajstić information content (AvgIpc) is 3.32. The Labute approximate surface area is 175 Å². The highest BCUT2D eigenvalue weighted by atomic mass is 32.2. The molecule has 0 spiro atoms. The van der Waals surface area contributed by atoms with Crippen LogP contribution >= 0.6 is 11.3 Å². The summed E-state index contributed by atoms with van der Waals surface area (Å²) >= 11 is 0.988. The number of hydrogen-bond donors (Lipinski definition) is 1. The molecule has 2 aromatic heterocycles. The fourth-order valence-electron chi connectivity index (χ4n) is 2.51. The zero-order chi connectivity index (χ0) is 21.9. The number of nitrogens with one attached hydrogen (secondary N) is 1. The molecule has 10 nitrogen and oxygen atoms in total. The van der Waals surface area contributed by atoms with E-state index in [-0.39, 0.29) is 27.0 Å². The second-order valence-electron chi connectivity index (χ2n) is 5.93. The van der Waals surface area contributed by atoms with Crippen molar-refractivity contribution in [3.8, 4) is 11.5 Å². The van der Waals surface area contributed by atoms with Crippen molar-refractivity contribution in [3.63, 3.8) is 0 Å². The van der Waals surface area contributed by atoms with Gasteiger partial charge in [-0.25, -0.2) is 8.42 Å². The zero-order valence-electron chi connectivity index (χ0n) is 16.1. The number of nitro groups is 1. The van der Waals surface area contributed by atoms with Crippen LogP contribution in [0.15, 0.2) is 39.1 Å². The molecule has 12 heteroatoms. The lowest BCUT2D eigenvalue weighted by molar-refractivity contribution is -0.386. The van der Waals surface area contributed by atoms with Crippen LogP contribution in [0.4, 0.5) is 11.4 Å². The van der Waals surface area contributed by atoms with E-state index < -0.39 is 14.9 Å². The number of benzene rings is 1. The van der Waals surface area contributed by atoms with Crippen molar-refractivity contribution < 1.29 is 27.3 Å². The molecule has 0 aliphatic carbocycles. The molecule has 3 rings (SSSR count). The summed E-state index contributed by atoms with van der Waals surface area (Å²) in [6.45, 7) is 1.47. The van der Waals surface area contributed by atoms with Crippen molar-refractivity contribution in [2.75, 3.05) is 18.9 Å². The molecule has 0 unspecified atom stereocenters. The molecule has 158 valence electrons. The van der Waals surface area contributed by atoms with Crippen molar-refractivity contribution in [2.45, 2.75) is 11.1 Å². The van der Waals surface area contributed by atoms with Gasteiger partial charge in [0, 0.05) is 23.1 Å². The minimum atomic E-state index is -3.86.